The molecule has 1 aromatic rings. The standard InChI is InChI=1S/C45H72NO11P/c1-5-7-18-26-39(47)27-19-13-9-8-10-14-20-28-40(48)29-21-17-24-32-45(50)56-41(36-55-58(51,52)54-34-33-46)35-53-44(49)31-23-16-12-11-15-22-30-43-38(4)37(3)42(57-43)25-6-2/h7,9-10,13-14,18-21,27-29,39-41,47-48H,5-6,8,11-12,15-17,22-26,30-36,46H2,1-4H3,(H,51,52)/b13-9-,14-10-,18-7-,27-19+,28-20+,29-21-/t39-,40-,41+/m0/s1. The van der Waals surface area contributed by atoms with Gasteiger partial charge in [-0.15, -0.1) is 0 Å². The van der Waals surface area contributed by atoms with Gasteiger partial charge in [0, 0.05) is 32.2 Å². The Bertz CT molecular complexity index is 1490. The van der Waals surface area contributed by atoms with Gasteiger partial charge < -0.3 is 34.7 Å². The largest absolute Gasteiger partial charge is 0.472 e. The summed E-state index contributed by atoms with van der Waals surface area (Å²) in [4.78, 5) is 35.0. The number of aliphatic hydroxyl groups excluding tert-OH is 2. The Balaban J connectivity index is 2.39. The number of esters is 2. The van der Waals surface area contributed by atoms with Crippen LogP contribution in [0.4, 0.5) is 0 Å². The Labute approximate surface area is 347 Å². The Hall–Kier alpha value is -3.35. The van der Waals surface area contributed by atoms with Gasteiger partial charge in [-0.25, -0.2) is 4.57 Å². The highest BCUT2D eigenvalue weighted by molar-refractivity contribution is 7.47. The van der Waals surface area contributed by atoms with Crippen molar-refractivity contribution in [1.29, 1.82) is 0 Å². The molecule has 1 rings (SSSR count). The molecular formula is C45H72NO11P. The maximum absolute atomic E-state index is 12.6. The molecule has 1 aromatic heterocycles. The number of hydrogen-bond donors (Lipinski definition) is 4. The molecule has 0 radical (unpaired) electrons. The zero-order valence-electron chi connectivity index (χ0n) is 35.4. The normalized spacial score (nSPS) is 15.1. The lowest BCUT2D eigenvalue weighted by Crippen LogP contribution is -2.29. The second-order valence-electron chi connectivity index (χ2n) is 14.1. The van der Waals surface area contributed by atoms with E-state index in [4.69, 9.17) is 28.7 Å². The van der Waals surface area contributed by atoms with Gasteiger partial charge in [0.05, 0.1) is 25.4 Å². The fraction of sp³-hybridized carbons (Fsp3) is 0.600. The van der Waals surface area contributed by atoms with Crippen LogP contribution in [0.3, 0.4) is 0 Å². The molecule has 5 N–H and O–H groups in total. The van der Waals surface area contributed by atoms with Gasteiger partial charge >= 0.3 is 19.8 Å². The minimum absolute atomic E-state index is 0.00858. The third kappa shape index (κ3) is 27.4. The van der Waals surface area contributed by atoms with Crippen LogP contribution in [0.15, 0.2) is 77.3 Å². The number of phosphoric acid groups is 1. The van der Waals surface area contributed by atoms with Crippen LogP contribution in [0.1, 0.15) is 126 Å². The minimum atomic E-state index is -4.45. The first-order valence-electron chi connectivity index (χ1n) is 21.0. The summed E-state index contributed by atoms with van der Waals surface area (Å²) >= 11 is 0. The molecule has 4 atom stereocenters. The molecule has 58 heavy (non-hydrogen) atoms. The maximum atomic E-state index is 12.6. The summed E-state index contributed by atoms with van der Waals surface area (Å²) in [6.45, 7) is 7.42. The van der Waals surface area contributed by atoms with Crippen molar-refractivity contribution in [3.8, 4) is 0 Å². The summed E-state index contributed by atoms with van der Waals surface area (Å²) in [5, 5.41) is 20.0. The number of ether oxygens (including phenoxy) is 2. The van der Waals surface area contributed by atoms with Gasteiger partial charge in [0.2, 0.25) is 0 Å². The molecule has 0 aliphatic rings. The van der Waals surface area contributed by atoms with Crippen molar-refractivity contribution in [2.24, 2.45) is 5.73 Å². The van der Waals surface area contributed by atoms with Gasteiger partial charge in [-0.05, 0) is 76.3 Å². The van der Waals surface area contributed by atoms with Crippen molar-refractivity contribution >= 4 is 19.8 Å². The number of rotatable bonds is 34. The molecule has 0 saturated heterocycles. The van der Waals surface area contributed by atoms with Crippen molar-refractivity contribution in [3.05, 3.63) is 95.6 Å². The van der Waals surface area contributed by atoms with Crippen LogP contribution in [0.2, 0.25) is 0 Å². The number of hydrogen-bond acceptors (Lipinski definition) is 11. The Morgan fingerprint density at radius 2 is 1.41 bits per heavy atom. The number of aliphatic hydroxyl groups is 2. The number of aryl methyl sites for hydroxylation is 2. The van der Waals surface area contributed by atoms with Gasteiger partial charge in [-0.3, -0.25) is 18.6 Å². The van der Waals surface area contributed by atoms with Gasteiger partial charge in [0.1, 0.15) is 18.1 Å². The van der Waals surface area contributed by atoms with E-state index in [1.807, 2.05) is 42.5 Å². The van der Waals surface area contributed by atoms with Crippen molar-refractivity contribution in [2.45, 2.75) is 149 Å². The van der Waals surface area contributed by atoms with E-state index in [1.165, 1.54) is 11.1 Å². The van der Waals surface area contributed by atoms with Crippen molar-refractivity contribution in [3.63, 3.8) is 0 Å². The zero-order valence-corrected chi connectivity index (χ0v) is 36.3. The van der Waals surface area contributed by atoms with Gasteiger partial charge in [-0.2, -0.15) is 0 Å². The lowest BCUT2D eigenvalue weighted by Gasteiger charge is -2.19. The minimum Gasteiger partial charge on any atom is -0.466 e. The third-order valence-electron chi connectivity index (χ3n) is 8.95. The molecule has 1 unspecified atom stereocenters. The molecule has 0 aliphatic heterocycles. The molecule has 0 saturated carbocycles. The van der Waals surface area contributed by atoms with Gasteiger partial charge in [0.15, 0.2) is 6.10 Å². The first-order chi connectivity index (χ1) is 27.9. The molecular weight excluding hydrogens is 761 g/mol. The maximum Gasteiger partial charge on any atom is 0.472 e. The predicted octanol–water partition coefficient (Wildman–Crippen LogP) is 9.09. The lowest BCUT2D eigenvalue weighted by atomic mass is 10.0. The number of nitrogens with two attached hydrogens (primary N) is 1. The van der Waals surface area contributed by atoms with Crippen molar-refractivity contribution in [1.82, 2.24) is 0 Å². The fourth-order valence-electron chi connectivity index (χ4n) is 5.60. The first-order valence-corrected chi connectivity index (χ1v) is 22.5. The van der Waals surface area contributed by atoms with Crippen LogP contribution in [-0.2, 0) is 45.5 Å². The molecule has 328 valence electrons. The summed E-state index contributed by atoms with van der Waals surface area (Å²) in [6.07, 6.45) is 31.6. The van der Waals surface area contributed by atoms with Crippen LogP contribution in [0, 0.1) is 13.8 Å². The monoisotopic (exact) mass is 833 g/mol. The Morgan fingerprint density at radius 1 is 0.759 bits per heavy atom. The second-order valence-corrected chi connectivity index (χ2v) is 15.6. The van der Waals surface area contributed by atoms with E-state index in [0.717, 1.165) is 69.3 Å². The lowest BCUT2D eigenvalue weighted by molar-refractivity contribution is -0.161. The Morgan fingerprint density at radius 3 is 2.10 bits per heavy atom. The van der Waals surface area contributed by atoms with Crippen LogP contribution < -0.4 is 5.73 Å². The SMILES string of the molecule is CC/C=C\C[C@H](O)/C=C/C=C\C/C=C\C=C\[C@H](O)/C=C\CCCC(=O)O[C@H](COC(=O)CCCCCCCCc1oc(CCC)c(C)c1C)COP(=O)(O)OCCN. The third-order valence-corrected chi connectivity index (χ3v) is 9.94. The number of carbonyl (C=O) groups excluding carboxylic acids is 2. The first kappa shape index (κ1) is 52.7. The summed E-state index contributed by atoms with van der Waals surface area (Å²) < 4.78 is 38.7. The summed E-state index contributed by atoms with van der Waals surface area (Å²) in [7, 11) is -4.45. The highest BCUT2D eigenvalue weighted by Crippen LogP contribution is 2.43. The average Bonchev–Trinajstić information content (AvgIpc) is 3.46. The summed E-state index contributed by atoms with van der Waals surface area (Å²) in [5.74, 6) is 1.15. The van der Waals surface area contributed by atoms with E-state index >= 15 is 0 Å². The smallest absolute Gasteiger partial charge is 0.466 e. The van der Waals surface area contributed by atoms with E-state index in [9.17, 15) is 29.3 Å². The van der Waals surface area contributed by atoms with Crippen LogP contribution in [-0.4, -0.2) is 71.7 Å². The number of carbonyl (C=O) groups is 2. The number of furan rings is 1. The fourth-order valence-corrected chi connectivity index (χ4v) is 6.36. The second kappa shape index (κ2) is 33.5. The summed E-state index contributed by atoms with van der Waals surface area (Å²) in [6, 6.07) is 0. The highest BCUT2D eigenvalue weighted by Gasteiger charge is 2.26. The van der Waals surface area contributed by atoms with E-state index in [1.54, 1.807) is 30.4 Å². The number of unbranched alkanes of at least 4 members (excludes halogenated alkanes) is 6. The number of allylic oxidation sites excluding steroid dienone is 8. The summed E-state index contributed by atoms with van der Waals surface area (Å²) in [5.41, 5.74) is 7.88. The van der Waals surface area contributed by atoms with Gasteiger partial charge in [-0.1, -0.05) is 112 Å². The van der Waals surface area contributed by atoms with Crippen molar-refractivity contribution < 1.29 is 52.2 Å². The Kier molecular flexibility index (Phi) is 30.4. The van der Waals surface area contributed by atoms with E-state index in [-0.39, 0.29) is 32.6 Å². The molecule has 0 spiro atoms. The van der Waals surface area contributed by atoms with Gasteiger partial charge in [0.25, 0.3) is 0 Å². The quantitative estimate of drug-likeness (QED) is 0.0170. The highest BCUT2D eigenvalue weighted by atomic mass is 31.2. The molecule has 12 nitrogen and oxygen atoms in total. The van der Waals surface area contributed by atoms with E-state index < -0.39 is 44.7 Å². The molecule has 0 bridgehead atoms. The molecule has 0 fully saturated rings. The topological polar surface area (TPSA) is 188 Å². The molecule has 0 amide bonds. The van der Waals surface area contributed by atoms with E-state index in [0.29, 0.717) is 32.1 Å². The molecule has 1 heterocycles. The number of phosphoric ester groups is 1. The molecule has 0 aliphatic carbocycles. The van der Waals surface area contributed by atoms with Crippen molar-refractivity contribution in [2.75, 3.05) is 26.4 Å². The molecule has 0 aromatic carbocycles. The molecule has 13 heteroatoms. The van der Waals surface area contributed by atoms with Crippen LogP contribution in [0.25, 0.3) is 0 Å². The average molecular weight is 834 g/mol. The van der Waals surface area contributed by atoms with E-state index in [2.05, 4.69) is 27.7 Å². The van der Waals surface area contributed by atoms with Crippen LogP contribution >= 0.6 is 7.82 Å². The van der Waals surface area contributed by atoms with Crippen LogP contribution in [0.5, 0.6) is 0 Å². The zero-order chi connectivity index (χ0) is 42.9. The predicted molar refractivity (Wildman–Crippen MR) is 230 cm³/mol.